The first-order valence-corrected chi connectivity index (χ1v) is 5.89. The summed E-state index contributed by atoms with van der Waals surface area (Å²) in [6.07, 6.45) is -4.56. The predicted molar refractivity (Wildman–Crippen MR) is 68.6 cm³/mol. The first-order chi connectivity index (χ1) is 8.89. The van der Waals surface area contributed by atoms with Crippen LogP contribution in [-0.4, -0.2) is 42.4 Å². The van der Waals surface area contributed by atoms with Gasteiger partial charge >= 0.3 is 6.18 Å². The number of nitrogens with one attached hydrogen (secondary N) is 1. The van der Waals surface area contributed by atoms with Crippen molar-refractivity contribution < 1.29 is 22.7 Å². The molecule has 8 heteroatoms. The third-order valence-corrected chi connectivity index (χ3v) is 3.11. The molecule has 0 saturated carbocycles. The average molecular weight is 315 g/mol. The molecule has 114 valence electrons. The number of hydrogen-bond donors (Lipinski definition) is 2. The molecule has 1 aromatic rings. The highest BCUT2D eigenvalue weighted by Gasteiger charge is 2.46. The van der Waals surface area contributed by atoms with Crippen molar-refractivity contribution in [2.45, 2.75) is 12.2 Å². The Labute approximate surface area is 120 Å². The zero-order valence-electron chi connectivity index (χ0n) is 10.5. The number of alkyl halides is 3. The largest absolute Gasteiger partial charge is 0.508 e. The summed E-state index contributed by atoms with van der Waals surface area (Å²) in [6.45, 7) is 1.27. The van der Waals surface area contributed by atoms with E-state index in [0.717, 1.165) is 12.1 Å². The number of hydrogen-bond acceptors (Lipinski definition) is 3. The number of benzene rings is 1. The molecular weight excluding hydrogens is 300 g/mol. The van der Waals surface area contributed by atoms with Gasteiger partial charge in [0.25, 0.3) is 0 Å². The molecule has 0 aromatic heterocycles. The van der Waals surface area contributed by atoms with E-state index in [2.05, 4.69) is 5.32 Å². The predicted octanol–water partition coefficient (Wildman–Crippen LogP) is 2.46. The molecule has 1 aliphatic rings. The molecule has 1 heterocycles. The molecule has 1 aromatic carbocycles. The van der Waals surface area contributed by atoms with E-state index in [9.17, 15) is 17.6 Å². The van der Waals surface area contributed by atoms with Crippen molar-refractivity contribution in [3.05, 3.63) is 29.6 Å². The maximum absolute atomic E-state index is 13.7. The van der Waals surface area contributed by atoms with Gasteiger partial charge in [-0.05, 0) is 6.07 Å². The summed E-state index contributed by atoms with van der Waals surface area (Å²) in [6, 6.07) is 0.788. The fraction of sp³-hybridized carbons (Fsp3) is 0.500. The molecule has 0 aliphatic carbocycles. The molecule has 2 rings (SSSR count). The molecule has 2 N–H and O–H groups in total. The van der Waals surface area contributed by atoms with Crippen LogP contribution >= 0.6 is 12.4 Å². The van der Waals surface area contributed by atoms with Crippen LogP contribution in [0.3, 0.4) is 0 Å². The van der Waals surface area contributed by atoms with Crippen molar-refractivity contribution in [2.75, 3.05) is 26.2 Å². The normalized spacial score (nSPS) is 18.4. The third kappa shape index (κ3) is 3.74. The molecular formula is C12H15ClF4N2O. The second-order valence-corrected chi connectivity index (χ2v) is 4.44. The Morgan fingerprint density at radius 1 is 1.20 bits per heavy atom. The van der Waals surface area contributed by atoms with Crippen LogP contribution in [0.1, 0.15) is 11.6 Å². The maximum atomic E-state index is 13.7. The average Bonchev–Trinajstić information content (AvgIpc) is 2.32. The summed E-state index contributed by atoms with van der Waals surface area (Å²) < 4.78 is 53.2. The van der Waals surface area contributed by atoms with Crippen LogP contribution in [-0.2, 0) is 0 Å². The lowest BCUT2D eigenvalue weighted by Crippen LogP contribution is -2.49. The molecule has 1 aliphatic heterocycles. The van der Waals surface area contributed by atoms with E-state index in [-0.39, 0.29) is 31.2 Å². The van der Waals surface area contributed by atoms with Gasteiger partial charge in [-0.25, -0.2) is 4.39 Å². The van der Waals surface area contributed by atoms with Crippen molar-refractivity contribution in [2.24, 2.45) is 0 Å². The van der Waals surface area contributed by atoms with Crippen LogP contribution in [0, 0.1) is 5.82 Å². The van der Waals surface area contributed by atoms with Gasteiger partial charge in [-0.1, -0.05) is 6.07 Å². The lowest BCUT2D eigenvalue weighted by atomic mass is 10.0. The fourth-order valence-electron chi connectivity index (χ4n) is 2.26. The van der Waals surface area contributed by atoms with E-state index in [1.165, 1.54) is 4.90 Å². The first kappa shape index (κ1) is 17.0. The molecule has 0 radical (unpaired) electrons. The van der Waals surface area contributed by atoms with Crippen molar-refractivity contribution in [1.29, 1.82) is 0 Å². The van der Waals surface area contributed by atoms with Gasteiger partial charge in [0, 0.05) is 37.8 Å². The van der Waals surface area contributed by atoms with E-state index in [0.29, 0.717) is 19.2 Å². The maximum Gasteiger partial charge on any atom is 0.408 e. The minimum atomic E-state index is -4.56. The lowest BCUT2D eigenvalue weighted by Gasteiger charge is -2.36. The van der Waals surface area contributed by atoms with Gasteiger partial charge in [0.15, 0.2) is 0 Å². The number of piperazine rings is 1. The molecule has 1 saturated heterocycles. The minimum absolute atomic E-state index is 0. The highest BCUT2D eigenvalue weighted by Crippen LogP contribution is 2.39. The number of halogens is 5. The van der Waals surface area contributed by atoms with Crippen LogP contribution in [0.25, 0.3) is 0 Å². The number of phenolic OH excluding ortho intramolecular Hbond substituents is 1. The van der Waals surface area contributed by atoms with Crippen LogP contribution in [0.2, 0.25) is 0 Å². The highest BCUT2D eigenvalue weighted by atomic mass is 35.5. The van der Waals surface area contributed by atoms with Gasteiger partial charge < -0.3 is 10.4 Å². The third-order valence-electron chi connectivity index (χ3n) is 3.11. The van der Waals surface area contributed by atoms with E-state index in [4.69, 9.17) is 5.11 Å². The van der Waals surface area contributed by atoms with Crippen LogP contribution in [0.15, 0.2) is 18.2 Å². The topological polar surface area (TPSA) is 35.5 Å². The first-order valence-electron chi connectivity index (χ1n) is 5.89. The monoisotopic (exact) mass is 314 g/mol. The molecule has 20 heavy (non-hydrogen) atoms. The standard InChI is InChI=1S/C12H14F4N2O.ClH/c13-10-7-8(19)1-2-9(10)11(12(14,15)16)18-5-3-17-4-6-18;/h1-2,7,11,17,19H,3-6H2;1H/t11-;/m0./s1. The Hall–Kier alpha value is -1.05. The van der Waals surface area contributed by atoms with Crippen molar-refractivity contribution in [3.8, 4) is 5.75 Å². The summed E-state index contributed by atoms with van der Waals surface area (Å²) >= 11 is 0. The van der Waals surface area contributed by atoms with E-state index >= 15 is 0 Å². The SMILES string of the molecule is Cl.Oc1ccc([C@H](N2CCNCC2)C(F)(F)F)c(F)c1. The quantitative estimate of drug-likeness (QED) is 0.823. The molecule has 0 unspecified atom stereocenters. The Kier molecular flexibility index (Phi) is 5.61. The number of nitrogens with zero attached hydrogens (tertiary/aromatic N) is 1. The summed E-state index contributed by atoms with van der Waals surface area (Å²) in [5, 5.41) is 12.0. The summed E-state index contributed by atoms with van der Waals surface area (Å²) in [4.78, 5) is 1.20. The molecule has 3 nitrogen and oxygen atoms in total. The van der Waals surface area contributed by atoms with Crippen LogP contribution in [0.4, 0.5) is 17.6 Å². The van der Waals surface area contributed by atoms with Crippen molar-refractivity contribution in [3.63, 3.8) is 0 Å². The Balaban J connectivity index is 0.00000200. The molecule has 0 spiro atoms. The van der Waals surface area contributed by atoms with Crippen molar-refractivity contribution in [1.82, 2.24) is 10.2 Å². The fourth-order valence-corrected chi connectivity index (χ4v) is 2.26. The van der Waals surface area contributed by atoms with Crippen LogP contribution in [0.5, 0.6) is 5.75 Å². The second-order valence-electron chi connectivity index (χ2n) is 4.44. The van der Waals surface area contributed by atoms with Gasteiger partial charge in [-0.2, -0.15) is 13.2 Å². The van der Waals surface area contributed by atoms with Gasteiger partial charge in [0.1, 0.15) is 17.6 Å². The van der Waals surface area contributed by atoms with E-state index < -0.39 is 23.6 Å². The molecule has 0 bridgehead atoms. The van der Waals surface area contributed by atoms with Gasteiger partial charge in [0.05, 0.1) is 0 Å². The molecule has 1 fully saturated rings. The summed E-state index contributed by atoms with van der Waals surface area (Å²) in [5.74, 6) is -1.43. The smallest absolute Gasteiger partial charge is 0.408 e. The van der Waals surface area contributed by atoms with Gasteiger partial charge in [-0.15, -0.1) is 12.4 Å². The summed E-state index contributed by atoms with van der Waals surface area (Å²) in [5.41, 5.74) is -0.452. The zero-order valence-corrected chi connectivity index (χ0v) is 11.3. The van der Waals surface area contributed by atoms with Crippen LogP contribution < -0.4 is 5.32 Å². The van der Waals surface area contributed by atoms with Crippen molar-refractivity contribution >= 4 is 12.4 Å². The number of rotatable bonds is 2. The molecule has 1 atom stereocenters. The lowest BCUT2D eigenvalue weighted by molar-refractivity contribution is -0.188. The van der Waals surface area contributed by atoms with Gasteiger partial charge in [-0.3, -0.25) is 4.90 Å². The minimum Gasteiger partial charge on any atom is -0.508 e. The zero-order chi connectivity index (χ0) is 14.0. The molecule has 0 amide bonds. The number of phenols is 1. The van der Waals surface area contributed by atoms with E-state index in [1.54, 1.807) is 0 Å². The van der Waals surface area contributed by atoms with E-state index in [1.807, 2.05) is 0 Å². The van der Waals surface area contributed by atoms with Gasteiger partial charge in [0.2, 0.25) is 0 Å². The highest BCUT2D eigenvalue weighted by molar-refractivity contribution is 5.85. The second kappa shape index (κ2) is 6.60. The Morgan fingerprint density at radius 3 is 2.30 bits per heavy atom. The Morgan fingerprint density at radius 2 is 1.80 bits per heavy atom. The Bertz CT molecular complexity index is 450. The summed E-state index contributed by atoms with van der Waals surface area (Å²) in [7, 11) is 0. The number of aromatic hydroxyl groups is 1.